The molecule has 2 aromatic carbocycles. The highest BCUT2D eigenvalue weighted by Crippen LogP contribution is 2.77. The zero-order valence-electron chi connectivity index (χ0n) is 32.8. The van der Waals surface area contributed by atoms with E-state index in [2.05, 4.69) is 48.1 Å². The van der Waals surface area contributed by atoms with Crippen LogP contribution in [0.4, 0.5) is 0 Å². The first-order valence-corrected chi connectivity index (χ1v) is 22.6. The Hall–Kier alpha value is -2.00. The van der Waals surface area contributed by atoms with E-state index < -0.39 is 20.2 Å². The van der Waals surface area contributed by atoms with Crippen LogP contribution in [0.25, 0.3) is 0 Å². The summed E-state index contributed by atoms with van der Waals surface area (Å²) in [7, 11) is -7.75. The fraction of sp³-hybridized carbons (Fsp3) is 0.682. The quantitative estimate of drug-likeness (QED) is 0.197. The Kier molecular flexibility index (Phi) is 9.41. The maximum absolute atomic E-state index is 13.5. The molecular formula is C44H62O6S2. The smallest absolute Gasteiger partial charge is 0.266 e. The Labute approximate surface area is 314 Å². The van der Waals surface area contributed by atoms with Crippen molar-refractivity contribution in [1.29, 1.82) is 0 Å². The van der Waals surface area contributed by atoms with Gasteiger partial charge in [0.25, 0.3) is 20.2 Å². The standard InChI is InChI=1S/C44H62O6S2/c1-29(2)34-20-25-44(28-49-51(45,46)32-14-10-30(3)11-15-32)27-26-42(8)35(39(34)44)18-19-37-41(7)23-22-38(40(5,6)36(41)21-24-43(37,42)9)50-52(47,48)33-16-12-31(4)13-17-33/h10-17,34-39H,1,18-28H2,2-9H3/t34-,35-,36+,37+,38+,39+,41+,42+,43-,44+/m0/s1. The van der Waals surface area contributed by atoms with E-state index in [1.165, 1.54) is 5.57 Å². The van der Waals surface area contributed by atoms with E-state index in [-0.39, 0.29) is 49.6 Å². The summed E-state index contributed by atoms with van der Waals surface area (Å²) in [6.45, 7) is 23.1. The second-order valence-electron chi connectivity index (χ2n) is 19.3. The number of rotatable bonds is 8. The van der Waals surface area contributed by atoms with Crippen molar-refractivity contribution in [2.24, 2.45) is 56.7 Å². The molecule has 0 aromatic heterocycles. The van der Waals surface area contributed by atoms with Gasteiger partial charge in [-0.25, -0.2) is 0 Å². The minimum Gasteiger partial charge on any atom is -0.266 e. The van der Waals surface area contributed by atoms with Crippen molar-refractivity contribution < 1.29 is 25.2 Å². The lowest BCUT2D eigenvalue weighted by Gasteiger charge is -2.73. The van der Waals surface area contributed by atoms with E-state index in [4.69, 9.17) is 8.37 Å². The summed E-state index contributed by atoms with van der Waals surface area (Å²) in [6, 6.07) is 14.0. The first-order chi connectivity index (χ1) is 24.2. The van der Waals surface area contributed by atoms with Crippen LogP contribution in [0.2, 0.25) is 0 Å². The van der Waals surface area contributed by atoms with Crippen LogP contribution >= 0.6 is 0 Å². The molecule has 52 heavy (non-hydrogen) atoms. The molecule has 2 aromatic rings. The molecule has 8 heteroatoms. The fourth-order valence-corrected chi connectivity index (χ4v) is 15.8. The van der Waals surface area contributed by atoms with Gasteiger partial charge in [-0.2, -0.15) is 16.8 Å². The van der Waals surface area contributed by atoms with Crippen molar-refractivity contribution in [3.8, 4) is 0 Å². The first-order valence-electron chi connectivity index (χ1n) is 19.8. The van der Waals surface area contributed by atoms with Crippen LogP contribution < -0.4 is 0 Å². The molecule has 0 N–H and O–H groups in total. The van der Waals surface area contributed by atoms with Gasteiger partial charge in [-0.05, 0) is 166 Å². The number of allylic oxidation sites excluding steroid dienone is 1. The predicted molar refractivity (Wildman–Crippen MR) is 207 cm³/mol. The van der Waals surface area contributed by atoms with E-state index in [9.17, 15) is 16.8 Å². The van der Waals surface area contributed by atoms with Crippen molar-refractivity contribution >= 4 is 20.2 Å². The van der Waals surface area contributed by atoms with Crippen molar-refractivity contribution in [1.82, 2.24) is 0 Å². The lowest BCUT2D eigenvalue weighted by Crippen LogP contribution is -2.67. The third-order valence-corrected chi connectivity index (χ3v) is 19.2. The van der Waals surface area contributed by atoms with Gasteiger partial charge in [0.15, 0.2) is 0 Å². The summed E-state index contributed by atoms with van der Waals surface area (Å²) in [4.78, 5) is 0.464. The van der Waals surface area contributed by atoms with Crippen molar-refractivity contribution in [3.05, 3.63) is 71.8 Å². The summed E-state index contributed by atoms with van der Waals surface area (Å²) in [5.74, 6) is 2.04. The Morgan fingerprint density at radius 3 is 1.88 bits per heavy atom. The molecule has 0 aliphatic heterocycles. The van der Waals surface area contributed by atoms with Crippen LogP contribution in [0.3, 0.4) is 0 Å². The van der Waals surface area contributed by atoms with E-state index in [1.54, 1.807) is 24.3 Å². The average Bonchev–Trinajstić information content (AvgIpc) is 3.46. The number of aryl methyl sites for hydroxylation is 2. The molecule has 0 amide bonds. The van der Waals surface area contributed by atoms with E-state index in [0.29, 0.717) is 29.6 Å². The van der Waals surface area contributed by atoms with E-state index in [1.807, 2.05) is 38.1 Å². The van der Waals surface area contributed by atoms with Crippen molar-refractivity contribution in [3.63, 3.8) is 0 Å². The predicted octanol–water partition coefficient (Wildman–Crippen LogP) is 10.4. The molecule has 0 bridgehead atoms. The second kappa shape index (κ2) is 12.8. The van der Waals surface area contributed by atoms with Gasteiger partial charge in [0.05, 0.1) is 22.5 Å². The van der Waals surface area contributed by atoms with Crippen molar-refractivity contribution in [2.45, 2.75) is 135 Å². The molecule has 5 fully saturated rings. The first kappa shape index (κ1) is 38.3. The summed E-state index contributed by atoms with van der Waals surface area (Å²) in [5.41, 5.74) is 3.06. The third kappa shape index (κ3) is 5.82. The average molecular weight is 751 g/mol. The summed E-state index contributed by atoms with van der Waals surface area (Å²) in [6.07, 6.45) is 9.83. The highest BCUT2D eigenvalue weighted by Gasteiger charge is 2.71. The van der Waals surface area contributed by atoms with Gasteiger partial charge in [-0.3, -0.25) is 8.37 Å². The highest BCUT2D eigenvalue weighted by atomic mass is 32.2. The number of benzene rings is 2. The molecule has 7 rings (SSSR count). The van der Waals surface area contributed by atoms with Crippen molar-refractivity contribution in [2.75, 3.05) is 6.61 Å². The fourth-order valence-electron chi connectivity index (χ4n) is 13.6. The molecule has 0 heterocycles. The van der Waals surface area contributed by atoms with E-state index >= 15 is 0 Å². The van der Waals surface area contributed by atoms with Gasteiger partial charge in [0, 0.05) is 0 Å². The van der Waals surface area contributed by atoms with Crippen LogP contribution in [0.15, 0.2) is 70.5 Å². The zero-order chi connectivity index (χ0) is 37.7. The van der Waals surface area contributed by atoms with Gasteiger partial charge in [-0.1, -0.05) is 82.2 Å². The normalized spacial score (nSPS) is 39.8. The Morgan fingerprint density at radius 1 is 0.692 bits per heavy atom. The maximum Gasteiger partial charge on any atom is 0.297 e. The molecule has 0 unspecified atom stereocenters. The lowest BCUT2D eigenvalue weighted by atomic mass is 9.32. The second-order valence-corrected chi connectivity index (χ2v) is 22.5. The molecule has 5 aliphatic rings. The molecular weight excluding hydrogens is 689 g/mol. The van der Waals surface area contributed by atoms with Gasteiger partial charge in [0.2, 0.25) is 0 Å². The molecule has 5 saturated carbocycles. The Balaban J connectivity index is 1.15. The topological polar surface area (TPSA) is 86.7 Å². The van der Waals surface area contributed by atoms with Crippen LogP contribution in [-0.4, -0.2) is 29.5 Å². The maximum atomic E-state index is 13.5. The minimum absolute atomic E-state index is 0.0706. The summed E-state index contributed by atoms with van der Waals surface area (Å²) in [5, 5.41) is 0. The SMILES string of the molecule is C=C(C)[C@@H]1CC[C@]2(COS(=O)(=O)c3ccc(C)cc3)CC[C@]3(C)[C@@H](CC[C@@H]4[C@]5(C)CC[C@@H](OS(=O)(=O)c6ccc(C)cc6)C(C)(C)[C@H]5CC[C@@]43C)[C@@H]12. The van der Waals surface area contributed by atoms with Crippen LogP contribution in [0.1, 0.15) is 117 Å². The molecule has 6 nitrogen and oxygen atoms in total. The summed E-state index contributed by atoms with van der Waals surface area (Å²) < 4.78 is 66.2. The Bertz CT molecular complexity index is 1920. The molecule has 5 aliphatic carbocycles. The zero-order valence-corrected chi connectivity index (χ0v) is 34.5. The van der Waals surface area contributed by atoms with Gasteiger partial charge in [-0.15, -0.1) is 0 Å². The molecule has 10 atom stereocenters. The number of hydrogen-bond acceptors (Lipinski definition) is 6. The molecule has 286 valence electrons. The molecule has 0 spiro atoms. The monoisotopic (exact) mass is 750 g/mol. The largest absolute Gasteiger partial charge is 0.297 e. The highest BCUT2D eigenvalue weighted by molar-refractivity contribution is 7.87. The van der Waals surface area contributed by atoms with Crippen LogP contribution in [0.5, 0.6) is 0 Å². The van der Waals surface area contributed by atoms with E-state index in [0.717, 1.165) is 75.3 Å². The number of fused-ring (bicyclic) bond motifs is 7. The minimum atomic E-state index is -3.88. The Morgan fingerprint density at radius 2 is 1.29 bits per heavy atom. The van der Waals surface area contributed by atoms with Crippen LogP contribution in [0, 0.1) is 70.5 Å². The van der Waals surface area contributed by atoms with Gasteiger partial charge < -0.3 is 0 Å². The molecule has 0 saturated heterocycles. The van der Waals surface area contributed by atoms with Gasteiger partial charge >= 0.3 is 0 Å². The molecule has 0 radical (unpaired) electrons. The van der Waals surface area contributed by atoms with Gasteiger partial charge in [0.1, 0.15) is 0 Å². The lowest BCUT2D eigenvalue weighted by molar-refractivity contribution is -0.247. The summed E-state index contributed by atoms with van der Waals surface area (Å²) >= 11 is 0. The number of hydrogen-bond donors (Lipinski definition) is 0. The van der Waals surface area contributed by atoms with Crippen LogP contribution in [-0.2, 0) is 28.6 Å². The third-order valence-electron chi connectivity index (χ3n) is 16.5.